The van der Waals surface area contributed by atoms with Crippen LogP contribution in [0, 0.1) is 0 Å². The van der Waals surface area contributed by atoms with E-state index in [0.717, 1.165) is 16.2 Å². The fourth-order valence-corrected chi connectivity index (χ4v) is 3.05. The zero-order valence-electron chi connectivity index (χ0n) is 13.1. The van der Waals surface area contributed by atoms with Crippen molar-refractivity contribution in [3.05, 3.63) is 66.1 Å². The number of fused-ring (bicyclic) bond motifs is 1. The van der Waals surface area contributed by atoms with Crippen LogP contribution in [0.1, 0.15) is 5.82 Å². The van der Waals surface area contributed by atoms with Gasteiger partial charge in [0.1, 0.15) is 5.01 Å². The Morgan fingerprint density at radius 2 is 2.00 bits per heavy atom. The van der Waals surface area contributed by atoms with Crippen molar-refractivity contribution in [1.82, 2.24) is 24.9 Å². The normalized spacial score (nSPS) is 10.7. The minimum Gasteiger partial charge on any atom is -0.331 e. The molecule has 0 aliphatic heterocycles. The van der Waals surface area contributed by atoms with Crippen LogP contribution >= 0.6 is 11.3 Å². The van der Waals surface area contributed by atoms with E-state index in [4.69, 9.17) is 0 Å². The van der Waals surface area contributed by atoms with Gasteiger partial charge in [0, 0.05) is 29.0 Å². The number of amides is 2. The maximum Gasteiger partial charge on any atom is 0.319 e. The molecule has 0 radical (unpaired) electrons. The molecule has 0 unspecified atom stereocenters. The number of hydrogen-bond donors (Lipinski definition) is 2. The molecule has 0 spiro atoms. The predicted octanol–water partition coefficient (Wildman–Crippen LogP) is 3.17. The molecule has 4 rings (SSSR count). The highest BCUT2D eigenvalue weighted by Crippen LogP contribution is 2.23. The van der Waals surface area contributed by atoms with Crippen LogP contribution in [0.15, 0.2) is 60.2 Å². The topological polar surface area (TPSA) is 84.2 Å². The summed E-state index contributed by atoms with van der Waals surface area (Å²) in [5.41, 5.74) is 2.48. The van der Waals surface area contributed by atoms with E-state index in [0.29, 0.717) is 11.5 Å². The van der Waals surface area contributed by atoms with Gasteiger partial charge in [-0.2, -0.15) is 0 Å². The van der Waals surface area contributed by atoms with E-state index in [9.17, 15) is 4.79 Å². The first-order valence-corrected chi connectivity index (χ1v) is 8.51. The van der Waals surface area contributed by atoms with Crippen LogP contribution < -0.4 is 10.6 Å². The molecule has 2 amide bonds. The van der Waals surface area contributed by atoms with Crippen LogP contribution in [0.25, 0.3) is 16.2 Å². The van der Waals surface area contributed by atoms with Crippen LogP contribution in [-0.4, -0.2) is 25.6 Å². The van der Waals surface area contributed by atoms with Gasteiger partial charge in [0.15, 0.2) is 11.5 Å². The van der Waals surface area contributed by atoms with E-state index >= 15 is 0 Å². The summed E-state index contributed by atoms with van der Waals surface area (Å²) < 4.78 is 1.84. The molecule has 0 aliphatic rings. The second kappa shape index (κ2) is 6.70. The molecule has 0 saturated heterocycles. The van der Waals surface area contributed by atoms with Crippen LogP contribution in [0.3, 0.4) is 0 Å². The molecule has 8 heteroatoms. The van der Waals surface area contributed by atoms with Gasteiger partial charge in [-0.05, 0) is 36.4 Å². The van der Waals surface area contributed by atoms with Gasteiger partial charge in [0.25, 0.3) is 0 Å². The van der Waals surface area contributed by atoms with Crippen molar-refractivity contribution in [2.45, 2.75) is 6.54 Å². The molecule has 25 heavy (non-hydrogen) atoms. The smallest absolute Gasteiger partial charge is 0.319 e. The lowest BCUT2D eigenvalue weighted by Crippen LogP contribution is -2.28. The summed E-state index contributed by atoms with van der Waals surface area (Å²) in [6.45, 7) is 0.286. The fraction of sp³-hybridized carbons (Fsp3) is 0.0588. The number of rotatable bonds is 4. The van der Waals surface area contributed by atoms with E-state index in [1.807, 2.05) is 58.4 Å². The minimum atomic E-state index is -0.297. The molecule has 0 bridgehead atoms. The van der Waals surface area contributed by atoms with Crippen molar-refractivity contribution in [1.29, 1.82) is 0 Å². The summed E-state index contributed by atoms with van der Waals surface area (Å²) in [5.74, 6) is 0.671. The molecular formula is C17H14N6OS. The van der Waals surface area contributed by atoms with E-state index in [1.54, 1.807) is 17.5 Å². The van der Waals surface area contributed by atoms with E-state index in [2.05, 4.69) is 25.8 Å². The van der Waals surface area contributed by atoms with Crippen LogP contribution in [0.4, 0.5) is 10.5 Å². The second-order valence-electron chi connectivity index (χ2n) is 5.27. The zero-order valence-corrected chi connectivity index (χ0v) is 13.9. The third-order valence-electron chi connectivity index (χ3n) is 3.61. The molecule has 0 saturated carbocycles. The van der Waals surface area contributed by atoms with Crippen molar-refractivity contribution >= 4 is 28.7 Å². The van der Waals surface area contributed by atoms with Crippen molar-refractivity contribution in [2.75, 3.05) is 5.32 Å². The van der Waals surface area contributed by atoms with Gasteiger partial charge in [0.05, 0.1) is 6.54 Å². The van der Waals surface area contributed by atoms with Crippen molar-refractivity contribution in [3.8, 4) is 10.6 Å². The molecule has 0 atom stereocenters. The molecule has 124 valence electrons. The Balaban J connectivity index is 1.37. The molecule has 3 heterocycles. The van der Waals surface area contributed by atoms with Gasteiger partial charge in [0.2, 0.25) is 0 Å². The van der Waals surface area contributed by atoms with Gasteiger partial charge < -0.3 is 10.6 Å². The zero-order chi connectivity index (χ0) is 17.1. The molecule has 2 N–H and O–H groups in total. The lowest BCUT2D eigenvalue weighted by Gasteiger charge is -2.07. The quantitative estimate of drug-likeness (QED) is 0.592. The summed E-state index contributed by atoms with van der Waals surface area (Å²) in [5, 5.41) is 16.6. The third-order valence-corrected chi connectivity index (χ3v) is 4.44. The number of carbonyl (C=O) groups is 1. The van der Waals surface area contributed by atoms with Gasteiger partial charge in [-0.1, -0.05) is 6.07 Å². The summed E-state index contributed by atoms with van der Waals surface area (Å²) >= 11 is 1.58. The average Bonchev–Trinajstić information content (AvgIpc) is 3.31. The Morgan fingerprint density at radius 3 is 2.80 bits per heavy atom. The Morgan fingerprint density at radius 1 is 1.12 bits per heavy atom. The molecule has 3 aromatic heterocycles. The highest BCUT2D eigenvalue weighted by atomic mass is 32.1. The number of anilines is 1. The van der Waals surface area contributed by atoms with Crippen molar-refractivity contribution in [3.63, 3.8) is 0 Å². The molecule has 0 aliphatic carbocycles. The first kappa shape index (κ1) is 15.3. The highest BCUT2D eigenvalue weighted by Gasteiger charge is 2.07. The number of aromatic nitrogens is 4. The Kier molecular flexibility index (Phi) is 4.09. The average molecular weight is 350 g/mol. The maximum absolute atomic E-state index is 12.1. The number of hydrogen-bond acceptors (Lipinski definition) is 5. The van der Waals surface area contributed by atoms with Gasteiger partial charge in [-0.15, -0.1) is 21.5 Å². The number of nitrogens with zero attached hydrogens (tertiary/aromatic N) is 4. The SMILES string of the molecule is O=C(NCc1nnc2ccccn12)Nc1ccc(-c2nccs2)cc1. The monoisotopic (exact) mass is 350 g/mol. The number of pyridine rings is 1. The van der Waals surface area contributed by atoms with Crippen molar-refractivity contribution in [2.24, 2.45) is 0 Å². The Bertz CT molecular complexity index is 994. The molecule has 0 fully saturated rings. The number of nitrogens with one attached hydrogen (secondary N) is 2. The Labute approximate surface area is 147 Å². The fourth-order valence-electron chi connectivity index (χ4n) is 2.41. The number of urea groups is 1. The number of benzene rings is 1. The second-order valence-corrected chi connectivity index (χ2v) is 6.16. The standard InChI is InChI=1S/C17H14N6OS/c24-17(19-11-15-22-21-14-3-1-2-9-23(14)15)20-13-6-4-12(5-7-13)16-18-8-10-25-16/h1-10H,11H2,(H2,19,20,24). The third kappa shape index (κ3) is 3.33. The molecular weight excluding hydrogens is 336 g/mol. The van der Waals surface area contributed by atoms with Gasteiger partial charge in [-0.3, -0.25) is 4.40 Å². The number of carbonyl (C=O) groups excluding carboxylic acids is 1. The molecule has 1 aromatic carbocycles. The van der Waals surface area contributed by atoms with E-state index in [-0.39, 0.29) is 12.6 Å². The summed E-state index contributed by atoms with van der Waals surface area (Å²) in [7, 11) is 0. The lowest BCUT2D eigenvalue weighted by atomic mass is 10.2. The van der Waals surface area contributed by atoms with Crippen LogP contribution in [-0.2, 0) is 6.54 Å². The summed E-state index contributed by atoms with van der Waals surface area (Å²) in [4.78, 5) is 16.3. The highest BCUT2D eigenvalue weighted by molar-refractivity contribution is 7.13. The molecule has 7 nitrogen and oxygen atoms in total. The van der Waals surface area contributed by atoms with Gasteiger partial charge >= 0.3 is 6.03 Å². The van der Waals surface area contributed by atoms with E-state index in [1.165, 1.54) is 0 Å². The summed E-state index contributed by atoms with van der Waals surface area (Å²) in [6.07, 6.45) is 3.63. The van der Waals surface area contributed by atoms with Crippen LogP contribution in [0.5, 0.6) is 0 Å². The maximum atomic E-state index is 12.1. The number of thiazole rings is 1. The summed E-state index contributed by atoms with van der Waals surface area (Å²) in [6, 6.07) is 12.9. The van der Waals surface area contributed by atoms with Crippen molar-refractivity contribution < 1.29 is 4.79 Å². The Hall–Kier alpha value is -3.26. The van der Waals surface area contributed by atoms with Gasteiger partial charge in [-0.25, -0.2) is 9.78 Å². The van der Waals surface area contributed by atoms with E-state index < -0.39 is 0 Å². The molecule has 4 aromatic rings. The first-order chi connectivity index (χ1) is 12.3. The lowest BCUT2D eigenvalue weighted by molar-refractivity contribution is 0.251. The largest absolute Gasteiger partial charge is 0.331 e. The van der Waals surface area contributed by atoms with Crippen LogP contribution in [0.2, 0.25) is 0 Å². The predicted molar refractivity (Wildman–Crippen MR) is 96.4 cm³/mol. The minimum absolute atomic E-state index is 0.286. The first-order valence-electron chi connectivity index (χ1n) is 7.63.